The molecule has 22 heavy (non-hydrogen) atoms. The van der Waals surface area contributed by atoms with Crippen molar-refractivity contribution in [3.8, 4) is 17.0 Å². The van der Waals surface area contributed by atoms with Gasteiger partial charge in [-0.3, -0.25) is 0 Å². The zero-order chi connectivity index (χ0) is 15.9. The van der Waals surface area contributed by atoms with Crippen molar-refractivity contribution in [2.75, 3.05) is 7.11 Å². The fourth-order valence-electron chi connectivity index (χ4n) is 2.22. The molecule has 3 rings (SSSR count). The second-order valence-corrected chi connectivity index (χ2v) is 7.10. The van der Waals surface area contributed by atoms with Gasteiger partial charge in [0.05, 0.1) is 25.1 Å². The van der Waals surface area contributed by atoms with Crippen molar-refractivity contribution in [2.24, 2.45) is 0 Å². The number of rotatable bonds is 3. The topological polar surface area (TPSA) is 59.7 Å². The smallest absolute Gasteiger partial charge is 0.213 e. The van der Waals surface area contributed by atoms with Crippen molar-refractivity contribution in [1.29, 1.82) is 0 Å². The van der Waals surface area contributed by atoms with Gasteiger partial charge >= 0.3 is 0 Å². The number of hydrogen-bond acceptors (Lipinski definition) is 5. The van der Waals surface area contributed by atoms with Crippen LogP contribution in [0.25, 0.3) is 16.2 Å². The molecule has 0 spiro atoms. The van der Waals surface area contributed by atoms with E-state index in [2.05, 4.69) is 30.9 Å². The minimum atomic E-state index is -0.101. The van der Waals surface area contributed by atoms with E-state index < -0.39 is 0 Å². The molecule has 0 amide bonds. The predicted molar refractivity (Wildman–Crippen MR) is 87.5 cm³/mol. The lowest BCUT2D eigenvalue weighted by atomic mass is 9.98. The highest BCUT2D eigenvalue weighted by Crippen LogP contribution is 2.32. The third-order valence-corrected chi connectivity index (χ3v) is 4.79. The Morgan fingerprint density at radius 2 is 1.91 bits per heavy atom. The molecule has 0 radical (unpaired) electrons. The van der Waals surface area contributed by atoms with Crippen molar-refractivity contribution in [3.63, 3.8) is 0 Å². The van der Waals surface area contributed by atoms with Crippen LogP contribution in [0.3, 0.4) is 0 Å². The van der Waals surface area contributed by atoms with Gasteiger partial charge in [0.2, 0.25) is 4.96 Å². The first-order valence-electron chi connectivity index (χ1n) is 7.08. The number of aliphatic hydroxyl groups excluding tert-OH is 1. The standard InChI is InChI=1S/C16H19N3O2S/c1-16(2,3)14-18-19-12(9-20)13(17-15(19)22-14)10-5-7-11(21-4)8-6-10/h5-8,20H,9H2,1-4H3. The molecule has 1 N–H and O–H groups in total. The van der Waals surface area contributed by atoms with Gasteiger partial charge in [0, 0.05) is 11.0 Å². The molecule has 6 heteroatoms. The van der Waals surface area contributed by atoms with Gasteiger partial charge in [-0.05, 0) is 24.3 Å². The van der Waals surface area contributed by atoms with Crippen molar-refractivity contribution in [3.05, 3.63) is 35.0 Å². The van der Waals surface area contributed by atoms with Gasteiger partial charge in [-0.25, -0.2) is 9.50 Å². The first-order chi connectivity index (χ1) is 10.4. The molecule has 0 fully saturated rings. The van der Waals surface area contributed by atoms with Gasteiger partial charge in [-0.15, -0.1) is 0 Å². The monoisotopic (exact) mass is 317 g/mol. The van der Waals surface area contributed by atoms with Gasteiger partial charge in [-0.2, -0.15) is 5.10 Å². The molecule has 0 atom stereocenters. The van der Waals surface area contributed by atoms with E-state index in [4.69, 9.17) is 4.74 Å². The lowest BCUT2D eigenvalue weighted by Crippen LogP contribution is -2.11. The molecule has 5 nitrogen and oxygen atoms in total. The van der Waals surface area contributed by atoms with E-state index in [1.165, 1.54) is 0 Å². The first-order valence-corrected chi connectivity index (χ1v) is 7.90. The van der Waals surface area contributed by atoms with Crippen LogP contribution in [0.5, 0.6) is 5.75 Å². The number of methoxy groups -OCH3 is 1. The van der Waals surface area contributed by atoms with Crippen LogP contribution in [0.4, 0.5) is 0 Å². The van der Waals surface area contributed by atoms with E-state index in [0.29, 0.717) is 5.69 Å². The number of hydrogen-bond donors (Lipinski definition) is 1. The number of benzene rings is 1. The van der Waals surface area contributed by atoms with Gasteiger partial charge in [0.15, 0.2) is 0 Å². The summed E-state index contributed by atoms with van der Waals surface area (Å²) in [5.74, 6) is 0.795. The quantitative estimate of drug-likeness (QED) is 0.805. The Bertz CT molecular complexity index is 797. The Hall–Kier alpha value is -1.92. The molecule has 0 aliphatic carbocycles. The van der Waals surface area contributed by atoms with E-state index >= 15 is 0 Å². The van der Waals surface area contributed by atoms with E-state index in [1.54, 1.807) is 23.0 Å². The molecule has 0 bridgehead atoms. The van der Waals surface area contributed by atoms with E-state index in [0.717, 1.165) is 27.0 Å². The molecule has 2 aromatic heterocycles. The largest absolute Gasteiger partial charge is 0.497 e. The normalized spacial score (nSPS) is 12.0. The Balaban J connectivity index is 2.11. The highest BCUT2D eigenvalue weighted by molar-refractivity contribution is 7.16. The molecule has 2 heterocycles. The average molecular weight is 317 g/mol. The van der Waals surface area contributed by atoms with Crippen LogP contribution in [-0.2, 0) is 12.0 Å². The maximum absolute atomic E-state index is 9.76. The van der Waals surface area contributed by atoms with Crippen LogP contribution < -0.4 is 4.74 Å². The lowest BCUT2D eigenvalue weighted by Gasteiger charge is -2.12. The predicted octanol–water partition coefficient (Wildman–Crippen LogP) is 3.26. The maximum atomic E-state index is 9.76. The molecule has 0 aliphatic rings. The van der Waals surface area contributed by atoms with Gasteiger partial charge in [-0.1, -0.05) is 32.1 Å². The van der Waals surface area contributed by atoms with Crippen molar-refractivity contribution in [2.45, 2.75) is 32.8 Å². The number of nitrogens with zero attached hydrogens (tertiary/aromatic N) is 3. The number of imidazole rings is 1. The first kappa shape index (κ1) is 15.0. The van der Waals surface area contributed by atoms with Gasteiger partial charge in [0.25, 0.3) is 0 Å². The zero-order valence-electron chi connectivity index (χ0n) is 13.1. The summed E-state index contributed by atoms with van der Waals surface area (Å²) >= 11 is 1.56. The highest BCUT2D eigenvalue weighted by atomic mass is 32.1. The highest BCUT2D eigenvalue weighted by Gasteiger charge is 2.23. The minimum Gasteiger partial charge on any atom is -0.497 e. The SMILES string of the molecule is COc1ccc(-c2nc3sc(C(C)(C)C)nn3c2CO)cc1. The lowest BCUT2D eigenvalue weighted by molar-refractivity contribution is 0.274. The van der Waals surface area contributed by atoms with Crippen LogP contribution in [0.1, 0.15) is 31.5 Å². The third-order valence-electron chi connectivity index (χ3n) is 3.45. The third kappa shape index (κ3) is 2.48. The van der Waals surface area contributed by atoms with Gasteiger partial charge in [0.1, 0.15) is 10.8 Å². The summed E-state index contributed by atoms with van der Waals surface area (Å²) in [4.78, 5) is 5.47. The summed E-state index contributed by atoms with van der Waals surface area (Å²) in [6.45, 7) is 6.26. The fourth-order valence-corrected chi connectivity index (χ4v) is 3.19. The fraction of sp³-hybridized carbons (Fsp3) is 0.375. The summed E-state index contributed by atoms with van der Waals surface area (Å²) in [6, 6.07) is 7.65. The summed E-state index contributed by atoms with van der Waals surface area (Å²) in [7, 11) is 1.64. The maximum Gasteiger partial charge on any atom is 0.213 e. The molecular weight excluding hydrogens is 298 g/mol. The second kappa shape index (κ2) is 5.37. The minimum absolute atomic E-state index is 0.0294. The molecule has 3 aromatic rings. The molecule has 0 saturated carbocycles. The zero-order valence-corrected chi connectivity index (χ0v) is 13.9. The summed E-state index contributed by atoms with van der Waals surface area (Å²) < 4.78 is 6.93. The van der Waals surface area contributed by atoms with Crippen molar-refractivity contribution >= 4 is 16.3 Å². The van der Waals surface area contributed by atoms with Crippen LogP contribution in [0.2, 0.25) is 0 Å². The van der Waals surface area contributed by atoms with Crippen LogP contribution in [0, 0.1) is 0 Å². The Morgan fingerprint density at radius 1 is 1.23 bits per heavy atom. The second-order valence-electron chi connectivity index (χ2n) is 6.15. The molecule has 0 saturated heterocycles. The summed E-state index contributed by atoms with van der Waals surface area (Å²) in [5, 5.41) is 15.4. The Kier molecular flexibility index (Phi) is 3.66. The van der Waals surface area contributed by atoms with Crippen LogP contribution in [-0.4, -0.2) is 26.8 Å². The van der Waals surface area contributed by atoms with Crippen LogP contribution in [0.15, 0.2) is 24.3 Å². The number of ether oxygens (including phenoxy) is 1. The Labute approximate surface area is 133 Å². The van der Waals surface area contributed by atoms with Crippen molar-refractivity contribution in [1.82, 2.24) is 14.6 Å². The van der Waals surface area contributed by atoms with Crippen LogP contribution >= 0.6 is 11.3 Å². The van der Waals surface area contributed by atoms with E-state index in [9.17, 15) is 5.11 Å². The summed E-state index contributed by atoms with van der Waals surface area (Å²) in [6.07, 6.45) is 0. The average Bonchev–Trinajstić information content (AvgIpc) is 3.04. The number of fused-ring (bicyclic) bond motifs is 1. The molecule has 116 valence electrons. The van der Waals surface area contributed by atoms with E-state index in [1.807, 2.05) is 24.3 Å². The van der Waals surface area contributed by atoms with Crippen molar-refractivity contribution < 1.29 is 9.84 Å². The molecule has 0 aliphatic heterocycles. The summed E-state index contributed by atoms with van der Waals surface area (Å²) in [5.41, 5.74) is 2.40. The number of aromatic nitrogens is 3. The van der Waals surface area contributed by atoms with Gasteiger partial charge < -0.3 is 9.84 Å². The Morgan fingerprint density at radius 3 is 2.45 bits per heavy atom. The molecule has 1 aromatic carbocycles. The van der Waals surface area contributed by atoms with E-state index in [-0.39, 0.29) is 12.0 Å². The number of aliphatic hydroxyl groups is 1. The molecule has 0 unspecified atom stereocenters. The molecular formula is C16H19N3O2S.